The largest absolute Gasteiger partial charge is 0.462 e. The first-order valence-electron chi connectivity index (χ1n) is 33.7. The minimum Gasteiger partial charge on any atom is -0.462 e. The van der Waals surface area contributed by atoms with Crippen molar-refractivity contribution in [2.24, 2.45) is 0 Å². The maximum absolute atomic E-state index is 13.0. The summed E-state index contributed by atoms with van der Waals surface area (Å²) < 4.78 is 16.9. The summed E-state index contributed by atoms with van der Waals surface area (Å²) in [4.78, 5) is 38.4. The maximum Gasteiger partial charge on any atom is 0.306 e. The summed E-state index contributed by atoms with van der Waals surface area (Å²) in [6.45, 7) is 6.39. The van der Waals surface area contributed by atoms with Crippen LogP contribution < -0.4 is 0 Å². The fourth-order valence-corrected chi connectivity index (χ4v) is 9.14. The van der Waals surface area contributed by atoms with Crippen molar-refractivity contribution in [2.45, 2.75) is 309 Å². The zero-order valence-electron chi connectivity index (χ0n) is 52.8. The Hall–Kier alpha value is -4.45. The van der Waals surface area contributed by atoms with Gasteiger partial charge in [0, 0.05) is 19.3 Å². The van der Waals surface area contributed by atoms with E-state index in [1.54, 1.807) is 0 Å². The number of ether oxygens (including phenoxy) is 3. The van der Waals surface area contributed by atoms with E-state index in [2.05, 4.69) is 154 Å². The van der Waals surface area contributed by atoms with Crippen molar-refractivity contribution in [3.63, 3.8) is 0 Å². The zero-order chi connectivity index (χ0) is 58.5. The first kappa shape index (κ1) is 76.5. The minimum atomic E-state index is -0.803. The second kappa shape index (κ2) is 68.1. The van der Waals surface area contributed by atoms with Gasteiger partial charge in [0.2, 0.25) is 0 Å². The molecular weight excluding hydrogens is 997 g/mol. The summed E-state index contributed by atoms with van der Waals surface area (Å²) in [6.07, 6.45) is 96.0. The molecule has 0 amide bonds. The summed E-state index contributed by atoms with van der Waals surface area (Å²) in [5, 5.41) is 0. The fraction of sp³-hybridized carbons (Fsp3) is 0.667. The Bertz CT molecular complexity index is 1720. The third kappa shape index (κ3) is 66.2. The average molecular weight is 1120 g/mol. The van der Waals surface area contributed by atoms with Crippen LogP contribution in [0.3, 0.4) is 0 Å². The van der Waals surface area contributed by atoms with Gasteiger partial charge in [0.1, 0.15) is 13.2 Å². The molecule has 0 rings (SSSR count). The van der Waals surface area contributed by atoms with E-state index in [1.165, 1.54) is 135 Å². The van der Waals surface area contributed by atoms with Crippen LogP contribution in [0.25, 0.3) is 0 Å². The number of carbonyl (C=O) groups is 3. The summed E-state index contributed by atoms with van der Waals surface area (Å²) in [5.41, 5.74) is 0. The van der Waals surface area contributed by atoms with Gasteiger partial charge in [0.25, 0.3) is 0 Å². The number of carbonyl (C=O) groups excluding carboxylic acids is 3. The average Bonchev–Trinajstić information content (AvgIpc) is 3.47. The van der Waals surface area contributed by atoms with Crippen LogP contribution in [0, 0.1) is 0 Å². The molecule has 0 saturated heterocycles. The van der Waals surface area contributed by atoms with E-state index >= 15 is 0 Å². The fourth-order valence-electron chi connectivity index (χ4n) is 9.14. The lowest BCUT2D eigenvalue weighted by Gasteiger charge is -2.18. The van der Waals surface area contributed by atoms with Gasteiger partial charge in [-0.15, -0.1) is 0 Å². The highest BCUT2D eigenvalue weighted by molar-refractivity contribution is 5.71. The van der Waals surface area contributed by atoms with Gasteiger partial charge in [0.15, 0.2) is 6.10 Å². The molecule has 0 fully saturated rings. The third-order valence-electron chi connectivity index (χ3n) is 14.1. The highest BCUT2D eigenvalue weighted by Gasteiger charge is 2.19. The molecule has 0 aromatic carbocycles. The van der Waals surface area contributed by atoms with Gasteiger partial charge in [-0.2, -0.15) is 0 Å². The molecule has 81 heavy (non-hydrogen) atoms. The monoisotopic (exact) mass is 1120 g/mol. The summed E-state index contributed by atoms with van der Waals surface area (Å²) in [6, 6.07) is 0. The summed E-state index contributed by atoms with van der Waals surface area (Å²) in [5.74, 6) is -0.931. The molecule has 6 heteroatoms. The normalized spacial score (nSPS) is 13.0. The Morgan fingerprint density at radius 1 is 0.259 bits per heavy atom. The van der Waals surface area contributed by atoms with Gasteiger partial charge in [-0.1, -0.05) is 283 Å². The first-order valence-corrected chi connectivity index (χ1v) is 33.7. The van der Waals surface area contributed by atoms with E-state index in [0.717, 1.165) is 128 Å². The molecule has 0 spiro atoms. The van der Waals surface area contributed by atoms with Crippen LogP contribution in [0.4, 0.5) is 0 Å². The quantitative estimate of drug-likeness (QED) is 0.0261. The SMILES string of the molecule is CC/C=C\C/C=C\C/C=C\C/C=C\C/C=C\CCCCCC(=O)OCC(COC(=O)CCCCCCCCCCCC/C=C\C/C=C\C/C=C\C/C=C\CC)OC(=O)CCCCCCCCCCC/C=C\C/C=C\CCCCCCC. The summed E-state index contributed by atoms with van der Waals surface area (Å²) in [7, 11) is 0. The first-order chi connectivity index (χ1) is 40.0. The Balaban J connectivity index is 4.46. The van der Waals surface area contributed by atoms with E-state index in [-0.39, 0.29) is 31.1 Å². The standard InChI is InChI=1S/C75H124O6/c1-4-7-10-13-16-19-22-25-28-31-34-36-37-39-41-44-47-50-53-56-59-62-65-68-74(77)80-71-72(70-79-73(76)67-64-61-58-55-52-49-46-43-40-33-30-27-24-21-18-15-12-9-6-3)81-75(78)69-66-63-60-57-54-51-48-45-42-38-35-32-29-26-23-20-17-14-11-8-5-2/h7,9-10,12,16,18-19,21,23,25-28,30,32,34-36,40,43,49,52,72H,4-6,8,11,13-15,17,20,22,24,29,31,33,37-39,41-42,44-48,50-51,53-71H2,1-3H3/b10-7-,12-9-,19-16-,21-18-,26-23-,28-25-,30-27-,35-32-,36-34-,43-40-,52-49-. The Kier molecular flexibility index (Phi) is 64.3. The maximum atomic E-state index is 13.0. The highest BCUT2D eigenvalue weighted by atomic mass is 16.6. The zero-order valence-corrected chi connectivity index (χ0v) is 52.8. The topological polar surface area (TPSA) is 78.9 Å². The predicted molar refractivity (Wildman–Crippen MR) is 353 cm³/mol. The van der Waals surface area contributed by atoms with E-state index < -0.39 is 6.10 Å². The molecule has 0 aliphatic carbocycles. The van der Waals surface area contributed by atoms with Gasteiger partial charge in [-0.25, -0.2) is 0 Å². The van der Waals surface area contributed by atoms with Crippen molar-refractivity contribution >= 4 is 17.9 Å². The van der Waals surface area contributed by atoms with E-state index in [4.69, 9.17) is 14.2 Å². The molecule has 6 nitrogen and oxygen atoms in total. The second-order valence-electron chi connectivity index (χ2n) is 22.0. The smallest absolute Gasteiger partial charge is 0.306 e. The number of allylic oxidation sites excluding steroid dienone is 22. The van der Waals surface area contributed by atoms with Crippen LogP contribution >= 0.6 is 0 Å². The van der Waals surface area contributed by atoms with Crippen LogP contribution in [0.1, 0.15) is 303 Å². The van der Waals surface area contributed by atoms with Crippen molar-refractivity contribution in [3.8, 4) is 0 Å². The van der Waals surface area contributed by atoms with Crippen LogP contribution in [0.15, 0.2) is 134 Å². The third-order valence-corrected chi connectivity index (χ3v) is 14.1. The number of esters is 3. The van der Waals surface area contributed by atoms with Crippen LogP contribution in [-0.4, -0.2) is 37.2 Å². The number of hydrogen-bond donors (Lipinski definition) is 0. The van der Waals surface area contributed by atoms with Crippen LogP contribution in [-0.2, 0) is 28.6 Å². The van der Waals surface area contributed by atoms with Gasteiger partial charge in [-0.05, 0) is 135 Å². The van der Waals surface area contributed by atoms with Crippen molar-refractivity contribution in [1.82, 2.24) is 0 Å². The molecule has 1 unspecified atom stereocenters. The predicted octanol–water partition coefficient (Wildman–Crippen LogP) is 23.3. The molecule has 0 bridgehead atoms. The van der Waals surface area contributed by atoms with E-state index in [1.807, 2.05) is 0 Å². The Morgan fingerprint density at radius 3 is 0.765 bits per heavy atom. The lowest BCUT2D eigenvalue weighted by Crippen LogP contribution is -2.30. The van der Waals surface area contributed by atoms with E-state index in [9.17, 15) is 14.4 Å². The van der Waals surface area contributed by atoms with Crippen molar-refractivity contribution in [2.75, 3.05) is 13.2 Å². The molecule has 0 aliphatic rings. The lowest BCUT2D eigenvalue weighted by molar-refractivity contribution is -0.167. The van der Waals surface area contributed by atoms with Crippen molar-refractivity contribution < 1.29 is 28.6 Å². The lowest BCUT2D eigenvalue weighted by atomic mass is 10.1. The number of rotatable bonds is 60. The van der Waals surface area contributed by atoms with E-state index in [0.29, 0.717) is 19.3 Å². The molecule has 0 aromatic heterocycles. The van der Waals surface area contributed by atoms with Crippen molar-refractivity contribution in [1.29, 1.82) is 0 Å². The number of hydrogen-bond acceptors (Lipinski definition) is 6. The Morgan fingerprint density at radius 2 is 0.481 bits per heavy atom. The second-order valence-corrected chi connectivity index (χ2v) is 22.0. The molecule has 0 radical (unpaired) electrons. The van der Waals surface area contributed by atoms with Crippen molar-refractivity contribution in [3.05, 3.63) is 134 Å². The molecule has 0 saturated carbocycles. The molecular formula is C75H124O6. The Labute approximate surface area is 500 Å². The molecule has 0 aromatic rings. The van der Waals surface area contributed by atoms with Gasteiger partial charge in [0.05, 0.1) is 0 Å². The van der Waals surface area contributed by atoms with Gasteiger partial charge < -0.3 is 14.2 Å². The minimum absolute atomic E-state index is 0.0958. The van der Waals surface area contributed by atoms with Gasteiger partial charge in [-0.3, -0.25) is 14.4 Å². The molecule has 0 heterocycles. The molecule has 0 N–H and O–H groups in total. The molecule has 0 aliphatic heterocycles. The number of unbranched alkanes of at least 4 members (excludes halogenated alkanes) is 27. The molecule has 1 atom stereocenters. The molecule has 460 valence electrons. The van der Waals surface area contributed by atoms with Gasteiger partial charge >= 0.3 is 17.9 Å². The highest BCUT2D eigenvalue weighted by Crippen LogP contribution is 2.16. The van der Waals surface area contributed by atoms with Crippen LogP contribution in [0.5, 0.6) is 0 Å². The van der Waals surface area contributed by atoms with Crippen LogP contribution in [0.2, 0.25) is 0 Å². The summed E-state index contributed by atoms with van der Waals surface area (Å²) >= 11 is 0.